The number of likely N-dealkylation sites (N-methyl/N-ethyl adjacent to an activating group) is 1. The van der Waals surface area contributed by atoms with Crippen molar-refractivity contribution in [1.29, 1.82) is 0 Å². The first-order valence-electron chi connectivity index (χ1n) is 17.4. The van der Waals surface area contributed by atoms with Crippen LogP contribution in [0.15, 0.2) is 39.5 Å². The number of aryl methyl sites for hydroxylation is 1. The molecule has 14 heteroatoms. The number of carbonyl (C=O) groups excluding carboxylic acids is 2. The zero-order valence-electron chi connectivity index (χ0n) is 29.4. The maximum atomic E-state index is 14.1. The average molecular weight is 707 g/mol. The van der Waals surface area contributed by atoms with Crippen LogP contribution < -0.4 is 20.1 Å². The number of nitrogens with zero attached hydrogens (tertiary/aromatic N) is 5. The zero-order chi connectivity index (χ0) is 35.5. The van der Waals surface area contributed by atoms with Crippen molar-refractivity contribution in [3.63, 3.8) is 0 Å². The normalized spacial score (nSPS) is 22.4. The van der Waals surface area contributed by atoms with Gasteiger partial charge in [-0.25, -0.2) is 9.52 Å². The number of piperazine rings is 1. The summed E-state index contributed by atoms with van der Waals surface area (Å²) in [6.45, 7) is 5.73. The van der Waals surface area contributed by atoms with Gasteiger partial charge in [-0.05, 0) is 82.0 Å². The average Bonchev–Trinajstić information content (AvgIpc) is 3.70. The Morgan fingerprint density at radius 2 is 1.72 bits per heavy atom. The van der Waals surface area contributed by atoms with Crippen LogP contribution in [0.1, 0.15) is 63.1 Å². The standard InChI is InChI=1S/C36H46N6O7S/c1-22-31(40-17-16-39(4)26(19-40)21-48-5)13-12-28-27-14-15-41(20-30(27)36(45)49-33(22)28)35(44)23-6-11-29(34(43)37-50(46,47)38(2)3)32(18-23)42-24-7-8-25(42)10-9-24/h6,11-13,18,24-26H,7-10,14-17,19-21H2,1-5H3,(H,37,43)/t24?,25?,26-/m1/s1. The molecule has 1 aromatic heterocycles. The summed E-state index contributed by atoms with van der Waals surface area (Å²) in [7, 11) is 2.52. The van der Waals surface area contributed by atoms with Crippen molar-refractivity contribution in [3.05, 3.63) is 68.6 Å². The predicted molar refractivity (Wildman–Crippen MR) is 191 cm³/mol. The lowest BCUT2D eigenvalue weighted by molar-refractivity contribution is 0.0732. The molecule has 1 atom stereocenters. The van der Waals surface area contributed by atoms with Crippen LogP contribution in [0.25, 0.3) is 11.0 Å². The highest BCUT2D eigenvalue weighted by Gasteiger charge is 2.41. The molecule has 2 aromatic carbocycles. The van der Waals surface area contributed by atoms with E-state index in [1.807, 2.05) is 13.0 Å². The smallest absolute Gasteiger partial charge is 0.341 e. The Hall–Kier alpha value is -3.98. The number of hydrogen-bond acceptors (Lipinski definition) is 10. The van der Waals surface area contributed by atoms with Gasteiger partial charge in [0.15, 0.2) is 0 Å². The minimum absolute atomic E-state index is 0.109. The monoisotopic (exact) mass is 706 g/mol. The number of hydrogen-bond donors (Lipinski definition) is 1. The van der Waals surface area contributed by atoms with E-state index in [9.17, 15) is 22.8 Å². The Bertz CT molecular complexity index is 1990. The predicted octanol–water partition coefficient (Wildman–Crippen LogP) is 2.73. The van der Waals surface area contributed by atoms with E-state index in [-0.39, 0.29) is 36.1 Å². The van der Waals surface area contributed by atoms with Crippen molar-refractivity contribution in [2.24, 2.45) is 0 Å². The number of methoxy groups -OCH3 is 1. The van der Waals surface area contributed by atoms with Gasteiger partial charge in [0.05, 0.1) is 36.0 Å². The Labute approximate surface area is 292 Å². The fourth-order valence-corrected chi connectivity index (χ4v) is 8.86. The lowest BCUT2D eigenvalue weighted by atomic mass is 9.95. The molecule has 50 heavy (non-hydrogen) atoms. The quantitative estimate of drug-likeness (QED) is 0.349. The van der Waals surface area contributed by atoms with Crippen LogP contribution in [0.5, 0.6) is 0 Å². The number of fused-ring (bicyclic) bond motifs is 5. The molecule has 0 spiro atoms. The van der Waals surface area contributed by atoms with Gasteiger partial charge >= 0.3 is 15.8 Å². The molecule has 3 aromatic rings. The molecule has 0 radical (unpaired) electrons. The van der Waals surface area contributed by atoms with Crippen LogP contribution in [0.2, 0.25) is 0 Å². The van der Waals surface area contributed by atoms with Gasteiger partial charge in [-0.3, -0.25) is 14.5 Å². The van der Waals surface area contributed by atoms with E-state index in [4.69, 9.17) is 9.15 Å². The summed E-state index contributed by atoms with van der Waals surface area (Å²) in [6, 6.07) is 9.70. The summed E-state index contributed by atoms with van der Waals surface area (Å²) < 4.78 is 39.6. The molecule has 3 fully saturated rings. The van der Waals surface area contributed by atoms with E-state index in [0.29, 0.717) is 42.0 Å². The second-order valence-electron chi connectivity index (χ2n) is 14.3. The van der Waals surface area contributed by atoms with Crippen LogP contribution in [0.4, 0.5) is 11.4 Å². The van der Waals surface area contributed by atoms with Crippen LogP contribution in [0, 0.1) is 6.92 Å². The molecule has 0 saturated carbocycles. The third-order valence-electron chi connectivity index (χ3n) is 11.2. The number of nitrogens with one attached hydrogen (secondary N) is 1. The molecule has 4 aliphatic rings. The number of benzene rings is 2. The van der Waals surface area contributed by atoms with Crippen molar-refractivity contribution in [1.82, 2.24) is 18.8 Å². The van der Waals surface area contributed by atoms with E-state index in [2.05, 4.69) is 32.5 Å². The molecule has 13 nitrogen and oxygen atoms in total. The van der Waals surface area contributed by atoms with Crippen molar-refractivity contribution < 1.29 is 27.2 Å². The lowest BCUT2D eigenvalue weighted by Crippen LogP contribution is -2.53. The van der Waals surface area contributed by atoms with Gasteiger partial charge in [0, 0.05) is 81.7 Å². The summed E-state index contributed by atoms with van der Waals surface area (Å²) in [5, 5.41) is 0.894. The van der Waals surface area contributed by atoms with E-state index >= 15 is 0 Å². The summed E-state index contributed by atoms with van der Waals surface area (Å²) in [5.41, 5.74) is 4.66. The number of ether oxygens (including phenoxy) is 1. The summed E-state index contributed by atoms with van der Waals surface area (Å²) in [5.74, 6) is -1.00. The number of anilines is 2. The van der Waals surface area contributed by atoms with E-state index in [1.54, 1.807) is 30.2 Å². The van der Waals surface area contributed by atoms with Gasteiger partial charge in [-0.1, -0.05) is 0 Å². The van der Waals surface area contributed by atoms with Crippen LogP contribution >= 0.6 is 0 Å². The van der Waals surface area contributed by atoms with Crippen molar-refractivity contribution >= 4 is 44.4 Å². The van der Waals surface area contributed by atoms with Crippen LogP contribution in [-0.4, -0.2) is 114 Å². The number of carbonyl (C=O) groups is 2. The first-order chi connectivity index (χ1) is 23.9. The Morgan fingerprint density at radius 3 is 2.40 bits per heavy atom. The first-order valence-corrected chi connectivity index (χ1v) is 18.8. The largest absolute Gasteiger partial charge is 0.422 e. The Balaban J connectivity index is 1.17. The maximum absolute atomic E-state index is 14.1. The molecular formula is C36H46N6O7S. The highest BCUT2D eigenvalue weighted by Crippen LogP contribution is 2.43. The van der Waals surface area contributed by atoms with Gasteiger partial charge in [0.2, 0.25) is 0 Å². The molecule has 4 aliphatic heterocycles. The third-order valence-corrected chi connectivity index (χ3v) is 12.6. The molecule has 3 saturated heterocycles. The van der Waals surface area contributed by atoms with Gasteiger partial charge in [-0.15, -0.1) is 0 Å². The molecule has 0 aliphatic carbocycles. The molecule has 2 amide bonds. The molecule has 1 N–H and O–H groups in total. The van der Waals surface area contributed by atoms with Crippen molar-refractivity contribution in [2.45, 2.75) is 63.7 Å². The van der Waals surface area contributed by atoms with Gasteiger partial charge in [-0.2, -0.15) is 12.7 Å². The fourth-order valence-electron chi connectivity index (χ4n) is 8.33. The van der Waals surface area contributed by atoms with Gasteiger partial charge in [0.1, 0.15) is 5.58 Å². The first kappa shape index (κ1) is 34.5. The second kappa shape index (κ2) is 13.3. The fraction of sp³-hybridized carbons (Fsp3) is 0.528. The summed E-state index contributed by atoms with van der Waals surface area (Å²) in [4.78, 5) is 49.4. The number of rotatable bonds is 8. The lowest BCUT2D eigenvalue weighted by Gasteiger charge is -2.41. The zero-order valence-corrected chi connectivity index (χ0v) is 30.2. The second-order valence-corrected chi connectivity index (χ2v) is 16.2. The summed E-state index contributed by atoms with van der Waals surface area (Å²) >= 11 is 0. The molecule has 7 rings (SSSR count). The minimum Gasteiger partial charge on any atom is -0.422 e. The topological polar surface area (TPSA) is 136 Å². The SMILES string of the molecule is COC[C@H]1CN(c2ccc3c4c(c(=O)oc3c2C)CN(C(=O)c2ccc(C(=O)NS(=O)(=O)N(C)C)c(N3C5CCC3CC5)c2)CC4)CCN1C. The molecule has 268 valence electrons. The van der Waals surface area contributed by atoms with Gasteiger partial charge in [0.25, 0.3) is 11.8 Å². The van der Waals surface area contributed by atoms with E-state index < -0.39 is 21.7 Å². The Morgan fingerprint density at radius 1 is 1.00 bits per heavy atom. The highest BCUT2D eigenvalue weighted by molar-refractivity contribution is 7.87. The van der Waals surface area contributed by atoms with Crippen molar-refractivity contribution in [2.75, 3.05) is 70.8 Å². The van der Waals surface area contributed by atoms with Gasteiger partial charge < -0.3 is 23.9 Å². The molecule has 5 heterocycles. The highest BCUT2D eigenvalue weighted by atomic mass is 32.2. The molecule has 2 bridgehead atoms. The summed E-state index contributed by atoms with van der Waals surface area (Å²) in [6.07, 6.45) is 4.43. The van der Waals surface area contributed by atoms with Crippen LogP contribution in [0.3, 0.4) is 0 Å². The molecule has 0 unspecified atom stereocenters. The third kappa shape index (κ3) is 6.05. The van der Waals surface area contributed by atoms with Crippen molar-refractivity contribution in [3.8, 4) is 0 Å². The minimum atomic E-state index is -4.01. The maximum Gasteiger partial charge on any atom is 0.341 e. The van der Waals surface area contributed by atoms with E-state index in [1.165, 1.54) is 14.1 Å². The van der Waals surface area contributed by atoms with Crippen LogP contribution in [-0.2, 0) is 27.9 Å². The number of amides is 2. The Kier molecular flexibility index (Phi) is 9.16. The molecular weight excluding hydrogens is 660 g/mol. The van der Waals surface area contributed by atoms with E-state index in [0.717, 1.165) is 71.8 Å².